The number of nitrogens with zero attached hydrogens (tertiary/aromatic N) is 5. The minimum Gasteiger partial charge on any atom is -0.463 e. The number of hydrogen-bond donors (Lipinski definition) is 1. The topological polar surface area (TPSA) is 92.7 Å². The monoisotopic (exact) mass is 544 g/mol. The molecule has 2 aromatic heterocycles. The molecule has 1 amide bonds. The zero-order valence-electron chi connectivity index (χ0n) is 25.2. The first kappa shape index (κ1) is 22.5. The smallest absolute Gasteiger partial charge is 0.429 e. The summed E-state index contributed by atoms with van der Waals surface area (Å²) in [5.74, 6) is -1.57. The summed E-state index contributed by atoms with van der Waals surface area (Å²) in [7, 11) is 0. The van der Waals surface area contributed by atoms with Crippen molar-refractivity contribution >= 4 is 34.4 Å². The molecule has 2 fully saturated rings. The SMILES string of the molecule is [2H]C1([2H])CCCC([2H])([2H])N(c2nc(OC[C@@H]3CCCNC[C@H](F)C3)nc3c(F)c(Cl)ncc23)N1C(=O)OC(C)(C)C. The fourth-order valence-electron chi connectivity index (χ4n) is 4.13. The van der Waals surface area contributed by atoms with Crippen LogP contribution in [0.25, 0.3) is 10.9 Å². The van der Waals surface area contributed by atoms with E-state index in [1.54, 1.807) is 20.8 Å². The summed E-state index contributed by atoms with van der Waals surface area (Å²) in [4.78, 5) is 25.8. The van der Waals surface area contributed by atoms with Gasteiger partial charge in [-0.1, -0.05) is 11.6 Å². The fraction of sp³-hybridized carbons (Fsp3) is 0.680. The van der Waals surface area contributed by atoms with Gasteiger partial charge in [0.15, 0.2) is 16.8 Å². The third-order valence-corrected chi connectivity index (χ3v) is 6.08. The van der Waals surface area contributed by atoms with Crippen LogP contribution in [0, 0.1) is 11.7 Å². The molecule has 2 saturated heterocycles. The second-order valence-electron chi connectivity index (χ2n) is 10.1. The Hall–Kier alpha value is -2.53. The average molecular weight is 545 g/mol. The van der Waals surface area contributed by atoms with Crippen LogP contribution in [0.3, 0.4) is 0 Å². The molecule has 0 aromatic carbocycles. The van der Waals surface area contributed by atoms with Gasteiger partial charge in [-0.25, -0.2) is 23.6 Å². The number of anilines is 1. The average Bonchev–Trinajstić information content (AvgIpc) is 2.93. The summed E-state index contributed by atoms with van der Waals surface area (Å²) in [5, 5.41) is 3.68. The molecular formula is C25H35ClF2N6O3. The highest BCUT2D eigenvalue weighted by Crippen LogP contribution is 2.32. The molecule has 0 spiro atoms. The number of pyridine rings is 1. The molecule has 0 bridgehead atoms. The first-order chi connectivity index (χ1) is 19.1. The van der Waals surface area contributed by atoms with Crippen molar-refractivity contribution < 1.29 is 28.5 Å². The van der Waals surface area contributed by atoms with E-state index in [1.807, 2.05) is 0 Å². The second-order valence-corrected chi connectivity index (χ2v) is 10.4. The van der Waals surface area contributed by atoms with Gasteiger partial charge in [-0.15, -0.1) is 0 Å². The maximum Gasteiger partial charge on any atom is 0.429 e. The van der Waals surface area contributed by atoms with E-state index in [0.29, 0.717) is 18.0 Å². The van der Waals surface area contributed by atoms with Crippen LogP contribution < -0.4 is 15.1 Å². The number of hydrogen-bond acceptors (Lipinski definition) is 8. The van der Waals surface area contributed by atoms with Crippen LogP contribution in [0.5, 0.6) is 6.01 Å². The summed E-state index contributed by atoms with van der Waals surface area (Å²) in [5.41, 5.74) is -1.40. The number of carbonyl (C=O) groups is 1. The van der Waals surface area contributed by atoms with E-state index in [1.165, 1.54) is 0 Å². The van der Waals surface area contributed by atoms with Crippen molar-refractivity contribution in [1.82, 2.24) is 25.3 Å². The Kier molecular flexibility index (Phi) is 7.22. The van der Waals surface area contributed by atoms with Crippen LogP contribution in [-0.2, 0) is 4.74 Å². The normalized spacial score (nSPS) is 26.1. The van der Waals surface area contributed by atoms with Crippen molar-refractivity contribution in [2.24, 2.45) is 5.92 Å². The predicted octanol–water partition coefficient (Wildman–Crippen LogP) is 5.07. The highest BCUT2D eigenvalue weighted by atomic mass is 35.5. The molecular weight excluding hydrogens is 506 g/mol. The summed E-state index contributed by atoms with van der Waals surface area (Å²) < 4.78 is 76.0. The van der Waals surface area contributed by atoms with Crippen molar-refractivity contribution in [3.63, 3.8) is 0 Å². The number of alkyl halides is 1. The van der Waals surface area contributed by atoms with Gasteiger partial charge in [0.25, 0.3) is 0 Å². The number of fused-ring (bicyclic) bond motifs is 1. The highest BCUT2D eigenvalue weighted by Gasteiger charge is 2.31. The first-order valence-corrected chi connectivity index (χ1v) is 12.8. The molecule has 0 saturated carbocycles. The van der Waals surface area contributed by atoms with E-state index in [-0.39, 0.29) is 67.5 Å². The van der Waals surface area contributed by atoms with Crippen LogP contribution >= 0.6 is 11.6 Å². The molecule has 204 valence electrons. The molecule has 2 aromatic rings. The van der Waals surface area contributed by atoms with Crippen LogP contribution in [0.1, 0.15) is 64.8 Å². The molecule has 9 nitrogen and oxygen atoms in total. The summed E-state index contributed by atoms with van der Waals surface area (Å²) in [6.45, 7) is 0.895. The molecule has 0 unspecified atom stereocenters. The molecule has 2 atom stereocenters. The Morgan fingerprint density at radius 2 is 2.05 bits per heavy atom. The number of aromatic nitrogens is 3. The van der Waals surface area contributed by atoms with E-state index < -0.39 is 41.8 Å². The van der Waals surface area contributed by atoms with E-state index in [4.69, 9.17) is 26.6 Å². The Bertz CT molecular complexity index is 1270. The Labute approximate surface area is 226 Å². The molecule has 4 heterocycles. The molecule has 1 N–H and O–H groups in total. The van der Waals surface area contributed by atoms with Crippen molar-refractivity contribution in [3.8, 4) is 6.01 Å². The maximum absolute atomic E-state index is 15.3. The largest absolute Gasteiger partial charge is 0.463 e. The number of nitrogens with one attached hydrogen (secondary N) is 1. The van der Waals surface area contributed by atoms with Crippen molar-refractivity contribution in [1.29, 1.82) is 0 Å². The predicted molar refractivity (Wildman–Crippen MR) is 137 cm³/mol. The third kappa shape index (κ3) is 7.07. The van der Waals surface area contributed by atoms with Gasteiger partial charge in [0.05, 0.1) is 17.5 Å². The zero-order valence-corrected chi connectivity index (χ0v) is 21.9. The lowest BCUT2D eigenvalue weighted by molar-refractivity contribution is 0.0232. The summed E-state index contributed by atoms with van der Waals surface area (Å²) >= 11 is 5.94. The number of halogens is 3. The summed E-state index contributed by atoms with van der Waals surface area (Å²) in [6, 6.07) is -0.367. The van der Waals surface area contributed by atoms with E-state index in [2.05, 4.69) is 20.3 Å². The lowest BCUT2D eigenvalue weighted by Gasteiger charge is -2.35. The third-order valence-electron chi connectivity index (χ3n) is 5.81. The van der Waals surface area contributed by atoms with Gasteiger partial charge in [0.2, 0.25) is 0 Å². The zero-order chi connectivity index (χ0) is 30.2. The molecule has 2 aliphatic heterocycles. The highest BCUT2D eigenvalue weighted by molar-refractivity contribution is 6.30. The van der Waals surface area contributed by atoms with E-state index in [0.717, 1.165) is 17.6 Å². The number of hydrazine groups is 1. The number of rotatable bonds is 4. The molecule has 37 heavy (non-hydrogen) atoms. The Morgan fingerprint density at radius 3 is 2.84 bits per heavy atom. The summed E-state index contributed by atoms with van der Waals surface area (Å²) in [6.07, 6.45) is 0.280. The molecule has 12 heteroatoms. The molecule has 4 rings (SSSR count). The molecule has 0 aliphatic carbocycles. The Balaban J connectivity index is 1.84. The number of carbonyl (C=O) groups excluding carboxylic acids is 1. The lowest BCUT2D eigenvalue weighted by Crippen LogP contribution is -2.49. The van der Waals surface area contributed by atoms with Gasteiger partial charge in [-0.05, 0) is 71.8 Å². The van der Waals surface area contributed by atoms with Gasteiger partial charge in [-0.3, -0.25) is 5.01 Å². The number of amides is 1. The van der Waals surface area contributed by atoms with E-state index >= 15 is 4.39 Å². The van der Waals surface area contributed by atoms with Crippen LogP contribution in [0.15, 0.2) is 6.20 Å². The van der Waals surface area contributed by atoms with Crippen LogP contribution in [-0.4, -0.2) is 70.5 Å². The first-order valence-electron chi connectivity index (χ1n) is 14.4. The van der Waals surface area contributed by atoms with Crippen LogP contribution in [0.2, 0.25) is 5.15 Å². The quantitative estimate of drug-likeness (QED) is 0.534. The van der Waals surface area contributed by atoms with Crippen molar-refractivity contribution in [3.05, 3.63) is 17.2 Å². The van der Waals surface area contributed by atoms with Gasteiger partial charge in [-0.2, -0.15) is 9.97 Å². The maximum atomic E-state index is 15.3. The minimum absolute atomic E-state index is 0.00923. The number of ether oxygens (including phenoxy) is 2. The van der Waals surface area contributed by atoms with Gasteiger partial charge in [0.1, 0.15) is 17.3 Å². The lowest BCUT2D eigenvalue weighted by atomic mass is 9.96. The minimum atomic E-state index is -2.41. The van der Waals surface area contributed by atoms with Crippen molar-refractivity contribution in [2.75, 3.05) is 37.7 Å². The standard InChI is InChI=1S/C25H35ClF2N6O3/c1-25(2,3)37-24(35)34-11-6-4-5-10-33(34)22-18-14-30-21(26)19(28)20(18)31-23(32-22)36-15-16-8-7-9-29-13-17(27)12-16/h14,16-17,29H,4-13,15H2,1-3H3/t16-,17-/m1/s1/i10D2,11D2. The van der Waals surface area contributed by atoms with Gasteiger partial charge < -0.3 is 14.8 Å². The van der Waals surface area contributed by atoms with E-state index in [9.17, 15) is 9.18 Å². The van der Waals surface area contributed by atoms with Crippen molar-refractivity contribution in [2.45, 2.75) is 71.1 Å². The Morgan fingerprint density at radius 1 is 1.27 bits per heavy atom. The fourth-order valence-corrected chi connectivity index (χ4v) is 4.27. The molecule has 2 aliphatic rings. The second kappa shape index (κ2) is 11.9. The molecule has 0 radical (unpaired) electrons. The van der Waals surface area contributed by atoms with Crippen LogP contribution in [0.4, 0.5) is 19.4 Å². The van der Waals surface area contributed by atoms with Gasteiger partial charge in [0, 0.05) is 25.7 Å². The van der Waals surface area contributed by atoms with Gasteiger partial charge >= 0.3 is 12.1 Å².